The molecule has 6 nitrogen and oxygen atoms in total. The molecular weight excluding hydrogens is 368 g/mol. The van der Waals surface area contributed by atoms with Gasteiger partial charge in [0.15, 0.2) is 11.6 Å². The number of methoxy groups -OCH3 is 1. The van der Waals surface area contributed by atoms with Crippen molar-refractivity contribution in [2.75, 3.05) is 13.7 Å². The van der Waals surface area contributed by atoms with Gasteiger partial charge in [-0.2, -0.15) is 0 Å². The number of thioether (sulfide) groups is 1. The van der Waals surface area contributed by atoms with Gasteiger partial charge in [0.2, 0.25) is 0 Å². The van der Waals surface area contributed by atoms with Crippen molar-refractivity contribution in [3.8, 4) is 0 Å². The Balaban J connectivity index is 1.76. The van der Waals surface area contributed by atoms with E-state index >= 15 is 0 Å². The van der Waals surface area contributed by atoms with Crippen LogP contribution in [0.25, 0.3) is 0 Å². The smallest absolute Gasteiger partial charge is 0.164 e. The van der Waals surface area contributed by atoms with E-state index in [0.717, 1.165) is 4.90 Å². The fourth-order valence-electron chi connectivity index (χ4n) is 3.18. The fraction of sp³-hybridized carbons (Fsp3) is 0.700. The highest BCUT2D eigenvalue weighted by molar-refractivity contribution is 7.99. The van der Waals surface area contributed by atoms with E-state index in [-0.39, 0.29) is 12.7 Å². The summed E-state index contributed by atoms with van der Waals surface area (Å²) >= 11 is 1.48. The third kappa shape index (κ3) is 5.03. The maximum Gasteiger partial charge on any atom is 0.164 e. The lowest BCUT2D eigenvalue weighted by atomic mass is 10.0. The van der Waals surface area contributed by atoms with E-state index in [1.54, 1.807) is 7.11 Å². The first-order chi connectivity index (χ1) is 12.6. The Bertz CT molecular complexity index is 632. The second kappa shape index (κ2) is 7.99. The van der Waals surface area contributed by atoms with Gasteiger partial charge in [-0.1, -0.05) is 29.5 Å². The van der Waals surface area contributed by atoms with Crippen LogP contribution in [0.2, 0.25) is 0 Å². The second-order valence-corrected chi connectivity index (χ2v) is 9.12. The summed E-state index contributed by atoms with van der Waals surface area (Å²) in [4.78, 5) is 1.03. The van der Waals surface area contributed by atoms with Crippen LogP contribution in [0.15, 0.2) is 29.2 Å². The fourth-order valence-corrected chi connectivity index (χ4v) is 4.23. The predicted octanol–water partition coefficient (Wildman–Crippen LogP) is 3.09. The van der Waals surface area contributed by atoms with Gasteiger partial charge in [-0.05, 0) is 46.8 Å². The number of aliphatic hydroxyl groups excluding tert-OH is 1. The van der Waals surface area contributed by atoms with Crippen LogP contribution in [0.3, 0.4) is 0 Å². The molecule has 2 heterocycles. The summed E-state index contributed by atoms with van der Waals surface area (Å²) in [5.74, 6) is -1.51. The number of ether oxygens (including phenoxy) is 5. The van der Waals surface area contributed by atoms with E-state index in [4.69, 9.17) is 23.7 Å². The highest BCUT2D eigenvalue weighted by Crippen LogP contribution is 2.42. The minimum atomic E-state index is -0.810. The number of aryl methyl sites for hydroxylation is 1. The minimum absolute atomic E-state index is 0.277. The molecule has 3 rings (SSSR count). The molecule has 2 saturated heterocycles. The van der Waals surface area contributed by atoms with Crippen LogP contribution in [0, 0.1) is 6.92 Å². The molecule has 1 N–H and O–H groups in total. The van der Waals surface area contributed by atoms with Gasteiger partial charge in [0.25, 0.3) is 0 Å². The number of fused-ring (bicyclic) bond motifs is 1. The highest BCUT2D eigenvalue weighted by Gasteiger charge is 2.55. The third-order valence-electron chi connectivity index (χ3n) is 4.81. The molecule has 0 radical (unpaired) electrons. The van der Waals surface area contributed by atoms with Gasteiger partial charge in [-0.25, -0.2) is 0 Å². The molecule has 0 bridgehead atoms. The van der Waals surface area contributed by atoms with Gasteiger partial charge in [0.1, 0.15) is 29.9 Å². The van der Waals surface area contributed by atoms with Crippen LogP contribution in [-0.2, 0) is 23.7 Å². The molecule has 27 heavy (non-hydrogen) atoms. The largest absolute Gasteiger partial charge is 0.387 e. The minimum Gasteiger partial charge on any atom is -0.387 e. The van der Waals surface area contributed by atoms with E-state index in [1.165, 1.54) is 17.3 Å². The zero-order chi connectivity index (χ0) is 19.8. The summed E-state index contributed by atoms with van der Waals surface area (Å²) in [6.45, 7) is 9.70. The van der Waals surface area contributed by atoms with Crippen molar-refractivity contribution >= 4 is 11.8 Å². The Morgan fingerprint density at radius 3 is 2.41 bits per heavy atom. The normalized spacial score (nSPS) is 33.1. The zero-order valence-electron chi connectivity index (χ0n) is 16.8. The summed E-state index contributed by atoms with van der Waals surface area (Å²) < 4.78 is 29.4. The number of aliphatic hydroxyl groups is 1. The molecule has 2 aliphatic heterocycles. The van der Waals surface area contributed by atoms with Gasteiger partial charge in [-0.15, -0.1) is 0 Å². The van der Waals surface area contributed by atoms with Gasteiger partial charge in [0.05, 0.1) is 6.61 Å². The van der Waals surface area contributed by atoms with E-state index in [1.807, 2.05) is 58.9 Å². The Morgan fingerprint density at radius 1 is 1.15 bits per heavy atom. The van der Waals surface area contributed by atoms with Crippen LogP contribution >= 0.6 is 11.8 Å². The van der Waals surface area contributed by atoms with Crippen LogP contribution in [-0.4, -0.2) is 60.2 Å². The summed E-state index contributed by atoms with van der Waals surface area (Å²) in [7, 11) is 1.60. The van der Waals surface area contributed by atoms with Crippen molar-refractivity contribution in [1.29, 1.82) is 0 Å². The van der Waals surface area contributed by atoms with Crippen molar-refractivity contribution in [3.05, 3.63) is 29.8 Å². The topological polar surface area (TPSA) is 66.4 Å². The molecule has 1 aromatic rings. The first-order valence-electron chi connectivity index (χ1n) is 9.22. The molecule has 2 fully saturated rings. The summed E-state index contributed by atoms with van der Waals surface area (Å²) in [6.07, 6.45) is -2.07. The Hall–Kier alpha value is -0.670. The second-order valence-electron chi connectivity index (χ2n) is 7.94. The molecule has 7 heteroatoms. The maximum absolute atomic E-state index is 10.9. The molecular formula is C20H30O6S. The zero-order valence-corrected chi connectivity index (χ0v) is 17.6. The molecule has 0 aromatic heterocycles. The molecule has 5 atom stereocenters. The Labute approximate surface area is 165 Å². The van der Waals surface area contributed by atoms with Crippen LogP contribution in [0.5, 0.6) is 0 Å². The molecule has 0 aliphatic carbocycles. The lowest BCUT2D eigenvalue weighted by Crippen LogP contribution is -2.56. The van der Waals surface area contributed by atoms with E-state index in [0.29, 0.717) is 0 Å². The van der Waals surface area contributed by atoms with Crippen LogP contribution < -0.4 is 0 Å². The SMILES string of the molecule is COC(C)(C)OC[C@H]1O[C@@H](Sc2ccc(C)cc2)[C@H](O)[C@H]2OC(C)(C)O[C@H]21. The monoisotopic (exact) mass is 398 g/mol. The first kappa shape index (κ1) is 21.0. The van der Waals surface area contributed by atoms with Crippen molar-refractivity contribution in [1.82, 2.24) is 0 Å². The molecule has 152 valence electrons. The lowest BCUT2D eigenvalue weighted by Gasteiger charge is -2.40. The van der Waals surface area contributed by atoms with Gasteiger partial charge in [-0.3, -0.25) is 0 Å². The van der Waals surface area contributed by atoms with E-state index < -0.39 is 35.3 Å². The molecule has 1 aromatic carbocycles. The average molecular weight is 399 g/mol. The molecule has 0 spiro atoms. The van der Waals surface area contributed by atoms with Crippen molar-refractivity contribution in [3.63, 3.8) is 0 Å². The number of hydrogen-bond acceptors (Lipinski definition) is 7. The van der Waals surface area contributed by atoms with Crippen molar-refractivity contribution < 1.29 is 28.8 Å². The van der Waals surface area contributed by atoms with E-state index in [2.05, 4.69) is 0 Å². The van der Waals surface area contributed by atoms with Crippen molar-refractivity contribution in [2.45, 2.75) is 80.9 Å². The molecule has 0 unspecified atom stereocenters. The summed E-state index contributed by atoms with van der Waals surface area (Å²) in [5.41, 5.74) is 0.706. The first-order valence-corrected chi connectivity index (χ1v) is 10.1. The molecule has 0 saturated carbocycles. The van der Waals surface area contributed by atoms with Gasteiger partial charge in [0, 0.05) is 12.0 Å². The number of rotatable bonds is 6. The highest BCUT2D eigenvalue weighted by atomic mass is 32.2. The Kier molecular flexibility index (Phi) is 6.23. The molecule has 2 aliphatic rings. The van der Waals surface area contributed by atoms with Gasteiger partial charge < -0.3 is 28.8 Å². The summed E-state index contributed by atoms with van der Waals surface area (Å²) in [6, 6.07) is 8.13. The van der Waals surface area contributed by atoms with Crippen LogP contribution in [0.1, 0.15) is 33.3 Å². The maximum atomic E-state index is 10.9. The van der Waals surface area contributed by atoms with E-state index in [9.17, 15) is 5.11 Å². The lowest BCUT2D eigenvalue weighted by molar-refractivity contribution is -0.238. The Morgan fingerprint density at radius 2 is 1.78 bits per heavy atom. The quantitative estimate of drug-likeness (QED) is 0.739. The number of hydrogen-bond donors (Lipinski definition) is 1. The molecule has 0 amide bonds. The standard InChI is InChI=1S/C20H30O6S/c1-12-7-9-13(10-8-12)27-18-15(21)17-16(25-20(4,5)26-17)14(24-18)11-23-19(2,3)22-6/h7-10,14-18,21H,11H2,1-6H3/t14-,15-,16+,17-,18+/m1/s1. The van der Waals surface area contributed by atoms with Gasteiger partial charge >= 0.3 is 0 Å². The third-order valence-corrected chi connectivity index (χ3v) is 5.98. The van der Waals surface area contributed by atoms with Crippen molar-refractivity contribution in [2.24, 2.45) is 0 Å². The van der Waals surface area contributed by atoms with Crippen LogP contribution in [0.4, 0.5) is 0 Å². The summed E-state index contributed by atoms with van der Waals surface area (Å²) in [5, 5.41) is 10.9. The average Bonchev–Trinajstić information content (AvgIpc) is 2.94. The predicted molar refractivity (Wildman–Crippen MR) is 103 cm³/mol. The number of benzene rings is 1.